The van der Waals surface area contributed by atoms with Gasteiger partial charge >= 0.3 is 0 Å². The largest absolute Gasteiger partial charge is 0.325 e. The molecule has 3 aromatic rings. The van der Waals surface area contributed by atoms with E-state index in [2.05, 4.69) is 28.2 Å². The molecule has 7 heteroatoms. The van der Waals surface area contributed by atoms with E-state index in [1.54, 1.807) is 12.1 Å². The molecule has 5 nitrogen and oxygen atoms in total. The van der Waals surface area contributed by atoms with Crippen molar-refractivity contribution in [3.63, 3.8) is 0 Å². The molecule has 0 heterocycles. The van der Waals surface area contributed by atoms with Crippen LogP contribution in [0.3, 0.4) is 0 Å². The third kappa shape index (κ3) is 6.76. The Morgan fingerprint density at radius 1 is 0.906 bits per heavy atom. The molecule has 0 bridgehead atoms. The molecule has 1 N–H and O–H groups in total. The van der Waals surface area contributed by atoms with Crippen LogP contribution in [0.2, 0.25) is 0 Å². The highest BCUT2D eigenvalue weighted by Gasteiger charge is 2.27. The second-order valence-corrected chi connectivity index (χ2v) is 10.4. The number of hydrogen-bond donors (Lipinski definition) is 1. The average molecular weight is 515 g/mol. The van der Waals surface area contributed by atoms with Crippen LogP contribution in [0.1, 0.15) is 30.9 Å². The number of unbranched alkanes of at least 4 members (excludes halogenated alkanes) is 1. The second kappa shape index (κ2) is 11.4. The Bertz CT molecular complexity index is 1120. The minimum atomic E-state index is -3.87. The molecule has 0 fully saturated rings. The van der Waals surface area contributed by atoms with E-state index in [1.165, 1.54) is 22.0 Å². The van der Waals surface area contributed by atoms with Gasteiger partial charge in [0.05, 0.1) is 11.4 Å². The number of sulfonamides is 1. The smallest absolute Gasteiger partial charge is 0.243 e. The first-order valence-electron chi connectivity index (χ1n) is 10.6. The van der Waals surface area contributed by atoms with Crippen molar-refractivity contribution in [3.05, 3.63) is 94.5 Å². The van der Waals surface area contributed by atoms with Crippen molar-refractivity contribution < 1.29 is 13.2 Å². The highest BCUT2D eigenvalue weighted by atomic mass is 79.9. The minimum absolute atomic E-state index is 0.0998. The van der Waals surface area contributed by atoms with Gasteiger partial charge in [0.2, 0.25) is 15.9 Å². The Labute approximate surface area is 198 Å². The average Bonchev–Trinajstić information content (AvgIpc) is 2.79. The van der Waals surface area contributed by atoms with Crippen LogP contribution >= 0.6 is 15.9 Å². The number of nitrogens with zero attached hydrogens (tertiary/aromatic N) is 1. The molecule has 0 saturated carbocycles. The van der Waals surface area contributed by atoms with Crippen molar-refractivity contribution in [2.75, 3.05) is 11.9 Å². The Hall–Kier alpha value is -2.48. The van der Waals surface area contributed by atoms with Crippen LogP contribution in [-0.2, 0) is 27.8 Å². The van der Waals surface area contributed by atoms with Gasteiger partial charge in [-0.1, -0.05) is 71.7 Å². The van der Waals surface area contributed by atoms with Crippen molar-refractivity contribution >= 4 is 37.5 Å². The van der Waals surface area contributed by atoms with E-state index in [4.69, 9.17) is 0 Å². The Morgan fingerprint density at radius 2 is 1.56 bits per heavy atom. The number of carbonyl (C=O) groups excluding carboxylic acids is 1. The Kier molecular flexibility index (Phi) is 8.61. The quantitative estimate of drug-likeness (QED) is 0.381. The van der Waals surface area contributed by atoms with Crippen LogP contribution in [0.4, 0.5) is 5.69 Å². The second-order valence-electron chi connectivity index (χ2n) is 7.56. The summed E-state index contributed by atoms with van der Waals surface area (Å²) < 4.78 is 28.6. The lowest BCUT2D eigenvalue weighted by atomic mass is 10.1. The maximum atomic E-state index is 13.3. The van der Waals surface area contributed by atoms with Gasteiger partial charge in [-0.2, -0.15) is 4.31 Å². The van der Waals surface area contributed by atoms with Gasteiger partial charge < -0.3 is 5.32 Å². The molecular weight excluding hydrogens is 488 g/mol. The van der Waals surface area contributed by atoms with Crippen LogP contribution in [0, 0.1) is 0 Å². The molecular formula is C25H27BrN2O3S. The number of hydrogen-bond acceptors (Lipinski definition) is 3. The predicted molar refractivity (Wildman–Crippen MR) is 132 cm³/mol. The van der Waals surface area contributed by atoms with Crippen LogP contribution in [0.5, 0.6) is 0 Å². The highest BCUT2D eigenvalue weighted by molar-refractivity contribution is 9.10. The Balaban J connectivity index is 1.77. The fourth-order valence-electron chi connectivity index (χ4n) is 3.26. The normalized spacial score (nSPS) is 11.5. The van der Waals surface area contributed by atoms with Gasteiger partial charge in [-0.25, -0.2) is 8.42 Å². The monoisotopic (exact) mass is 514 g/mol. The van der Waals surface area contributed by atoms with Gasteiger partial charge in [-0.05, 0) is 60.4 Å². The third-order valence-corrected chi connectivity index (χ3v) is 7.36. The van der Waals surface area contributed by atoms with Gasteiger partial charge in [0.15, 0.2) is 0 Å². The number of halogens is 1. The van der Waals surface area contributed by atoms with Crippen molar-refractivity contribution in [2.45, 2.75) is 37.6 Å². The van der Waals surface area contributed by atoms with Gasteiger partial charge in [0.1, 0.15) is 0 Å². The molecule has 0 radical (unpaired) electrons. The maximum absolute atomic E-state index is 13.3. The first-order valence-corrected chi connectivity index (χ1v) is 12.8. The molecule has 0 saturated heterocycles. The number of rotatable bonds is 10. The summed E-state index contributed by atoms with van der Waals surface area (Å²) in [5.74, 6) is -0.386. The third-order valence-electron chi connectivity index (χ3n) is 5.03. The summed E-state index contributed by atoms with van der Waals surface area (Å²) in [7, 11) is -3.87. The summed E-state index contributed by atoms with van der Waals surface area (Å²) in [5.41, 5.74) is 2.67. The van der Waals surface area contributed by atoms with E-state index in [0.717, 1.165) is 29.3 Å². The lowest BCUT2D eigenvalue weighted by Crippen LogP contribution is -2.37. The summed E-state index contributed by atoms with van der Waals surface area (Å²) >= 11 is 3.33. The van der Waals surface area contributed by atoms with Gasteiger partial charge in [-0.15, -0.1) is 0 Å². The number of aryl methyl sites for hydroxylation is 1. The molecule has 32 heavy (non-hydrogen) atoms. The first-order chi connectivity index (χ1) is 15.4. The van der Waals surface area contributed by atoms with E-state index >= 15 is 0 Å². The van der Waals surface area contributed by atoms with E-state index in [1.807, 2.05) is 54.6 Å². The summed E-state index contributed by atoms with van der Waals surface area (Å²) in [4.78, 5) is 12.9. The van der Waals surface area contributed by atoms with Crippen LogP contribution in [0.15, 0.2) is 88.2 Å². The maximum Gasteiger partial charge on any atom is 0.243 e. The molecule has 0 aliphatic heterocycles. The number of amides is 1. The minimum Gasteiger partial charge on any atom is -0.325 e. The molecule has 3 rings (SSSR count). The molecule has 0 atom stereocenters. The molecule has 0 aliphatic rings. The van der Waals surface area contributed by atoms with Crippen molar-refractivity contribution in [1.82, 2.24) is 4.31 Å². The predicted octanol–water partition coefficient (Wildman–Crippen LogP) is 5.62. The lowest BCUT2D eigenvalue weighted by molar-refractivity contribution is -0.116. The molecule has 0 aliphatic carbocycles. The molecule has 3 aromatic carbocycles. The fraction of sp³-hybridized carbons (Fsp3) is 0.240. The van der Waals surface area contributed by atoms with Crippen LogP contribution in [-0.4, -0.2) is 25.2 Å². The SMILES string of the molecule is CCCCc1ccc(NC(=O)CN(Cc2ccccc2)S(=O)(=O)c2ccc(Br)cc2)cc1. The molecule has 0 unspecified atom stereocenters. The van der Waals surface area contributed by atoms with Crippen LogP contribution in [0.25, 0.3) is 0 Å². The van der Waals surface area contributed by atoms with Crippen LogP contribution < -0.4 is 5.32 Å². The highest BCUT2D eigenvalue weighted by Crippen LogP contribution is 2.21. The van der Waals surface area contributed by atoms with Gasteiger partial charge in [0.25, 0.3) is 0 Å². The number of anilines is 1. The molecule has 168 valence electrons. The van der Waals surface area contributed by atoms with E-state index in [-0.39, 0.29) is 23.9 Å². The number of benzene rings is 3. The molecule has 1 amide bonds. The van der Waals surface area contributed by atoms with E-state index in [9.17, 15) is 13.2 Å². The van der Waals surface area contributed by atoms with Crippen molar-refractivity contribution in [3.8, 4) is 0 Å². The zero-order valence-corrected chi connectivity index (χ0v) is 20.4. The van der Waals surface area contributed by atoms with Gasteiger partial charge in [0, 0.05) is 16.7 Å². The van der Waals surface area contributed by atoms with E-state index < -0.39 is 10.0 Å². The van der Waals surface area contributed by atoms with Gasteiger partial charge in [-0.3, -0.25) is 4.79 Å². The summed E-state index contributed by atoms with van der Waals surface area (Å²) in [5, 5.41) is 2.82. The number of nitrogens with one attached hydrogen (secondary N) is 1. The summed E-state index contributed by atoms with van der Waals surface area (Å²) in [6.07, 6.45) is 3.25. The van der Waals surface area contributed by atoms with Crippen molar-refractivity contribution in [2.24, 2.45) is 0 Å². The fourth-order valence-corrected chi connectivity index (χ4v) is 4.91. The first kappa shape index (κ1) is 24.2. The van der Waals surface area contributed by atoms with Crippen molar-refractivity contribution in [1.29, 1.82) is 0 Å². The zero-order valence-electron chi connectivity index (χ0n) is 18.0. The standard InChI is InChI=1S/C25H27BrN2O3S/c1-2-3-7-20-10-14-23(15-11-20)27-25(29)19-28(18-21-8-5-4-6-9-21)32(30,31)24-16-12-22(26)13-17-24/h4-6,8-17H,2-3,7,18-19H2,1H3,(H,27,29). The van der Waals surface area contributed by atoms with E-state index in [0.29, 0.717) is 5.69 Å². The summed E-state index contributed by atoms with van der Waals surface area (Å²) in [6, 6.07) is 23.4. The molecule has 0 spiro atoms. The Morgan fingerprint density at radius 3 is 2.19 bits per heavy atom. The number of carbonyl (C=O) groups is 1. The topological polar surface area (TPSA) is 66.5 Å². The molecule has 0 aromatic heterocycles. The lowest BCUT2D eigenvalue weighted by Gasteiger charge is -2.22. The summed E-state index contributed by atoms with van der Waals surface area (Å²) in [6.45, 7) is 1.96. The zero-order chi connectivity index (χ0) is 23.0.